The number of hydrogen-bond donors (Lipinski definition) is 0. The second kappa shape index (κ2) is 8.45. The molecule has 1 aliphatic rings. The second-order valence-electron chi connectivity index (χ2n) is 6.98. The SMILES string of the molecule is COc1cccc2c(S(=O)(=O)Cc3ccoc3)c(C(=O)OCC3CCCO3)cnc12. The Morgan fingerprint density at radius 1 is 1.30 bits per heavy atom. The second-order valence-corrected chi connectivity index (χ2v) is 8.91. The minimum absolute atomic E-state index is 0.0657. The van der Waals surface area contributed by atoms with Gasteiger partial charge in [-0.25, -0.2) is 13.2 Å². The lowest BCUT2D eigenvalue weighted by Crippen LogP contribution is -2.20. The Bertz CT molecular complexity index is 1150. The van der Waals surface area contributed by atoms with E-state index in [1.165, 1.54) is 25.8 Å². The highest BCUT2D eigenvalue weighted by atomic mass is 32.2. The maximum atomic E-state index is 13.4. The average molecular weight is 431 g/mol. The van der Waals surface area contributed by atoms with E-state index in [9.17, 15) is 13.2 Å². The summed E-state index contributed by atoms with van der Waals surface area (Å²) in [6.45, 7) is 0.695. The van der Waals surface area contributed by atoms with Crippen molar-refractivity contribution in [3.63, 3.8) is 0 Å². The molecule has 1 aliphatic heterocycles. The van der Waals surface area contributed by atoms with Gasteiger partial charge in [-0.05, 0) is 25.0 Å². The summed E-state index contributed by atoms with van der Waals surface area (Å²) in [4.78, 5) is 17.0. The molecule has 0 radical (unpaired) electrons. The van der Waals surface area contributed by atoms with Gasteiger partial charge in [0, 0.05) is 23.8 Å². The highest BCUT2D eigenvalue weighted by Gasteiger charge is 2.29. The molecule has 8 nitrogen and oxygen atoms in total. The van der Waals surface area contributed by atoms with E-state index in [0.717, 1.165) is 12.8 Å². The van der Waals surface area contributed by atoms with Gasteiger partial charge in [-0.3, -0.25) is 4.98 Å². The smallest absolute Gasteiger partial charge is 0.341 e. The fourth-order valence-corrected chi connectivity index (χ4v) is 5.22. The molecule has 0 aliphatic carbocycles. The minimum Gasteiger partial charge on any atom is -0.494 e. The molecule has 0 bridgehead atoms. The lowest BCUT2D eigenvalue weighted by Gasteiger charge is -2.15. The standard InChI is InChI=1S/C21H21NO7S/c1-26-18-6-2-5-16-19(18)22-10-17(21(23)29-12-15-4-3-8-28-15)20(16)30(24,25)13-14-7-9-27-11-14/h2,5-7,9-11,15H,3-4,8,12-13H2,1H3. The van der Waals surface area contributed by atoms with E-state index in [-0.39, 0.29) is 28.9 Å². The van der Waals surface area contributed by atoms with Crippen molar-refractivity contribution in [2.75, 3.05) is 20.3 Å². The summed E-state index contributed by atoms with van der Waals surface area (Å²) in [5, 5.41) is 0.296. The molecular weight excluding hydrogens is 410 g/mol. The van der Waals surface area contributed by atoms with E-state index in [4.69, 9.17) is 18.6 Å². The van der Waals surface area contributed by atoms with Gasteiger partial charge in [-0.2, -0.15) is 0 Å². The van der Waals surface area contributed by atoms with Crippen LogP contribution in [-0.2, 0) is 25.1 Å². The van der Waals surface area contributed by atoms with Crippen molar-refractivity contribution < 1.29 is 31.8 Å². The normalized spacial score (nSPS) is 16.6. The number of fused-ring (bicyclic) bond motifs is 1. The molecule has 9 heteroatoms. The molecular formula is C21H21NO7S. The predicted octanol–water partition coefficient (Wildman–Crippen LogP) is 3.15. The zero-order valence-electron chi connectivity index (χ0n) is 16.4. The van der Waals surface area contributed by atoms with Gasteiger partial charge in [0.1, 0.15) is 17.9 Å². The highest BCUT2D eigenvalue weighted by molar-refractivity contribution is 7.91. The molecule has 0 N–H and O–H groups in total. The fourth-order valence-electron chi connectivity index (χ4n) is 3.51. The average Bonchev–Trinajstić information content (AvgIpc) is 3.44. The molecule has 0 amide bonds. The Morgan fingerprint density at radius 2 is 2.17 bits per heavy atom. The lowest BCUT2D eigenvalue weighted by atomic mass is 10.1. The Labute approximate surface area is 173 Å². The van der Waals surface area contributed by atoms with Crippen LogP contribution in [0.3, 0.4) is 0 Å². The highest BCUT2D eigenvalue weighted by Crippen LogP contribution is 2.33. The summed E-state index contributed by atoms with van der Waals surface area (Å²) in [5.41, 5.74) is 0.709. The van der Waals surface area contributed by atoms with E-state index in [2.05, 4.69) is 4.98 Å². The summed E-state index contributed by atoms with van der Waals surface area (Å²) in [5.74, 6) is -0.675. The third-order valence-corrected chi connectivity index (χ3v) is 6.70. The Morgan fingerprint density at radius 3 is 2.87 bits per heavy atom. The van der Waals surface area contributed by atoms with Gasteiger partial charge in [0.25, 0.3) is 0 Å². The van der Waals surface area contributed by atoms with E-state index in [0.29, 0.717) is 28.8 Å². The molecule has 4 rings (SSSR count). The number of pyridine rings is 1. The minimum atomic E-state index is -3.94. The van der Waals surface area contributed by atoms with Crippen LogP contribution in [0.1, 0.15) is 28.8 Å². The molecule has 0 saturated carbocycles. The van der Waals surface area contributed by atoms with Gasteiger partial charge in [-0.15, -0.1) is 0 Å². The summed E-state index contributed by atoms with van der Waals surface area (Å²) in [7, 11) is -2.46. The largest absolute Gasteiger partial charge is 0.494 e. The van der Waals surface area contributed by atoms with Crippen molar-refractivity contribution in [3.8, 4) is 5.75 Å². The van der Waals surface area contributed by atoms with Crippen molar-refractivity contribution in [2.45, 2.75) is 29.6 Å². The quantitative estimate of drug-likeness (QED) is 0.526. The fraction of sp³-hybridized carbons (Fsp3) is 0.333. The first-order valence-electron chi connectivity index (χ1n) is 9.48. The van der Waals surface area contributed by atoms with E-state index in [1.54, 1.807) is 24.3 Å². The van der Waals surface area contributed by atoms with Gasteiger partial charge in [0.15, 0.2) is 9.84 Å². The van der Waals surface area contributed by atoms with Crippen LogP contribution in [0, 0.1) is 0 Å². The van der Waals surface area contributed by atoms with Crippen molar-refractivity contribution >= 4 is 26.7 Å². The number of furan rings is 1. The first-order valence-corrected chi connectivity index (χ1v) is 11.1. The molecule has 158 valence electrons. The lowest BCUT2D eigenvalue weighted by molar-refractivity contribution is 0.0158. The Balaban J connectivity index is 1.79. The van der Waals surface area contributed by atoms with Crippen LogP contribution < -0.4 is 4.74 Å². The number of rotatable bonds is 7. The summed E-state index contributed by atoms with van der Waals surface area (Å²) >= 11 is 0. The van der Waals surface area contributed by atoms with Crippen LogP contribution in [0.15, 0.2) is 52.3 Å². The molecule has 30 heavy (non-hydrogen) atoms. The van der Waals surface area contributed by atoms with Crippen LogP contribution in [0.25, 0.3) is 10.9 Å². The number of carbonyl (C=O) groups is 1. The zero-order valence-corrected chi connectivity index (χ0v) is 17.2. The number of nitrogens with zero attached hydrogens (tertiary/aromatic N) is 1. The third kappa shape index (κ3) is 4.03. The number of benzene rings is 1. The van der Waals surface area contributed by atoms with Crippen molar-refractivity contribution in [3.05, 3.63) is 54.1 Å². The van der Waals surface area contributed by atoms with Crippen LogP contribution in [0.4, 0.5) is 0 Å². The summed E-state index contributed by atoms with van der Waals surface area (Å²) < 4.78 is 47.9. The first-order chi connectivity index (χ1) is 14.5. The van der Waals surface area contributed by atoms with Gasteiger partial charge < -0.3 is 18.6 Å². The molecule has 3 heterocycles. The molecule has 1 aromatic carbocycles. The molecule has 2 aromatic heterocycles. The van der Waals surface area contributed by atoms with Crippen LogP contribution in [0.2, 0.25) is 0 Å². The molecule has 1 saturated heterocycles. The Kier molecular flexibility index (Phi) is 5.74. The number of para-hydroxylation sites is 1. The number of hydrogen-bond acceptors (Lipinski definition) is 8. The molecule has 0 spiro atoms. The van der Waals surface area contributed by atoms with E-state index < -0.39 is 15.8 Å². The first kappa shape index (κ1) is 20.4. The maximum absolute atomic E-state index is 13.4. The number of sulfone groups is 1. The third-order valence-electron chi connectivity index (χ3n) is 4.92. The monoisotopic (exact) mass is 431 g/mol. The Hall–Kier alpha value is -2.91. The van der Waals surface area contributed by atoms with Gasteiger partial charge >= 0.3 is 5.97 Å². The van der Waals surface area contributed by atoms with Gasteiger partial charge in [0.2, 0.25) is 0 Å². The number of methoxy groups -OCH3 is 1. The number of carbonyl (C=O) groups excluding carboxylic acids is 1. The van der Waals surface area contributed by atoms with Gasteiger partial charge in [0.05, 0.1) is 42.0 Å². The van der Waals surface area contributed by atoms with Crippen molar-refractivity contribution in [1.29, 1.82) is 0 Å². The van der Waals surface area contributed by atoms with Crippen LogP contribution >= 0.6 is 0 Å². The predicted molar refractivity (Wildman–Crippen MR) is 107 cm³/mol. The molecule has 1 fully saturated rings. The van der Waals surface area contributed by atoms with Crippen molar-refractivity contribution in [1.82, 2.24) is 4.98 Å². The number of esters is 1. The maximum Gasteiger partial charge on any atom is 0.341 e. The summed E-state index contributed by atoms with van der Waals surface area (Å²) in [6, 6.07) is 6.50. The van der Waals surface area contributed by atoms with E-state index in [1.807, 2.05) is 0 Å². The van der Waals surface area contributed by atoms with Crippen LogP contribution in [-0.4, -0.2) is 45.8 Å². The molecule has 3 aromatic rings. The topological polar surface area (TPSA) is 105 Å². The zero-order chi connectivity index (χ0) is 21.1. The molecule has 1 unspecified atom stereocenters. The molecule has 1 atom stereocenters. The number of ether oxygens (including phenoxy) is 3. The van der Waals surface area contributed by atoms with Gasteiger partial charge in [-0.1, -0.05) is 12.1 Å². The van der Waals surface area contributed by atoms with Crippen molar-refractivity contribution in [2.24, 2.45) is 0 Å². The summed E-state index contributed by atoms with van der Waals surface area (Å²) in [6.07, 6.45) is 5.51. The number of aromatic nitrogens is 1. The van der Waals surface area contributed by atoms with E-state index >= 15 is 0 Å². The van der Waals surface area contributed by atoms with Crippen LogP contribution in [0.5, 0.6) is 5.75 Å².